The summed E-state index contributed by atoms with van der Waals surface area (Å²) < 4.78 is 15.8. The number of rotatable bonds is 6. The second-order valence-electron chi connectivity index (χ2n) is 12.8. The van der Waals surface area contributed by atoms with Crippen LogP contribution in [0.15, 0.2) is 30.3 Å². The topological polar surface area (TPSA) is 110 Å². The van der Waals surface area contributed by atoms with Gasteiger partial charge in [-0.3, -0.25) is 9.59 Å². The van der Waals surface area contributed by atoms with Crippen molar-refractivity contribution in [2.24, 2.45) is 5.92 Å². The molecule has 10 nitrogen and oxygen atoms in total. The third kappa shape index (κ3) is 5.16. The fraction of sp³-hybridized carbons (Fsp3) is 0.567. The number of nitrogens with one attached hydrogen (secondary N) is 3. The Balaban J connectivity index is 1.33. The van der Waals surface area contributed by atoms with Crippen LogP contribution in [0.5, 0.6) is 0 Å². The van der Waals surface area contributed by atoms with Crippen molar-refractivity contribution in [1.82, 2.24) is 30.4 Å². The van der Waals surface area contributed by atoms with Crippen molar-refractivity contribution in [3.8, 4) is 0 Å². The maximum absolute atomic E-state index is 14.4. The largest absolute Gasteiger partial charge is 0.377 e. The van der Waals surface area contributed by atoms with Crippen molar-refractivity contribution in [3.63, 3.8) is 0 Å². The Kier molecular flexibility index (Phi) is 6.96. The van der Waals surface area contributed by atoms with Gasteiger partial charge in [-0.2, -0.15) is 0 Å². The van der Waals surface area contributed by atoms with Crippen LogP contribution in [0.4, 0.5) is 10.1 Å². The number of halogens is 1. The summed E-state index contributed by atoms with van der Waals surface area (Å²) in [6.45, 7) is 11.2. The maximum Gasteiger partial charge on any atom is 0.348 e. The van der Waals surface area contributed by atoms with Gasteiger partial charge in [-0.25, -0.2) is 4.39 Å². The molecule has 0 aliphatic carbocycles. The third-order valence-electron chi connectivity index (χ3n) is 8.66. The van der Waals surface area contributed by atoms with Crippen molar-refractivity contribution in [1.29, 1.82) is 0 Å². The van der Waals surface area contributed by atoms with Gasteiger partial charge in [-0.1, -0.05) is 47.7 Å². The highest BCUT2D eigenvalue weighted by molar-refractivity contribution is 5.99. The normalized spacial score (nSPS) is 23.5. The molecule has 0 radical (unpaired) electrons. The lowest BCUT2D eigenvalue weighted by Gasteiger charge is -2.51. The molecular weight excluding hydrogens is 523 g/mol. The molecule has 2 aromatic heterocycles. The minimum absolute atomic E-state index is 0.123. The average Bonchev–Trinajstić information content (AvgIpc) is 3.30. The van der Waals surface area contributed by atoms with Gasteiger partial charge in [0.25, 0.3) is 11.7 Å². The van der Waals surface area contributed by atoms with Gasteiger partial charge < -0.3 is 20.4 Å². The van der Waals surface area contributed by atoms with Gasteiger partial charge in [0.1, 0.15) is 17.4 Å². The van der Waals surface area contributed by atoms with Gasteiger partial charge in [-0.05, 0) is 43.7 Å². The molecule has 3 N–H and O–H groups in total. The molecule has 41 heavy (non-hydrogen) atoms. The van der Waals surface area contributed by atoms with Crippen LogP contribution in [-0.2, 0) is 11.2 Å². The molecule has 5 heterocycles. The summed E-state index contributed by atoms with van der Waals surface area (Å²) in [4.78, 5) is 31.7. The lowest BCUT2D eigenvalue weighted by atomic mass is 9.78. The highest BCUT2D eigenvalue weighted by atomic mass is 19.1. The molecule has 3 aliphatic rings. The van der Waals surface area contributed by atoms with Gasteiger partial charge in [0, 0.05) is 50.2 Å². The zero-order valence-electron chi connectivity index (χ0n) is 24.4. The van der Waals surface area contributed by atoms with Crippen molar-refractivity contribution >= 4 is 23.1 Å². The van der Waals surface area contributed by atoms with Gasteiger partial charge >= 0.3 is 5.65 Å². The zero-order valence-corrected chi connectivity index (χ0v) is 24.4. The van der Waals surface area contributed by atoms with Crippen LogP contribution in [0.2, 0.25) is 0 Å². The van der Waals surface area contributed by atoms with Gasteiger partial charge in [0.2, 0.25) is 5.91 Å². The Morgan fingerprint density at radius 3 is 2.68 bits per heavy atom. The number of hydrogen-bond donors (Lipinski definition) is 3. The molecule has 2 saturated heterocycles. The van der Waals surface area contributed by atoms with E-state index in [0.717, 1.165) is 37.1 Å². The lowest BCUT2D eigenvalue weighted by Crippen LogP contribution is -2.66. The van der Waals surface area contributed by atoms with Gasteiger partial charge in [-0.15, -0.1) is 5.10 Å². The van der Waals surface area contributed by atoms with Crippen molar-refractivity contribution in [2.75, 3.05) is 25.0 Å². The molecule has 3 aliphatic heterocycles. The van der Waals surface area contributed by atoms with Gasteiger partial charge in [0.15, 0.2) is 5.69 Å². The molecule has 0 unspecified atom stereocenters. The van der Waals surface area contributed by atoms with E-state index < -0.39 is 11.7 Å². The van der Waals surface area contributed by atoms with Crippen LogP contribution in [0.3, 0.4) is 0 Å². The first-order valence-electron chi connectivity index (χ1n) is 14.7. The molecular formula is C30H40FN8O2+. The fourth-order valence-corrected chi connectivity index (χ4v) is 6.74. The molecule has 0 saturated carbocycles. The van der Waals surface area contributed by atoms with E-state index >= 15 is 0 Å². The Morgan fingerprint density at radius 2 is 1.98 bits per heavy atom. The summed E-state index contributed by atoms with van der Waals surface area (Å²) in [6, 6.07) is 8.92. The lowest BCUT2D eigenvalue weighted by molar-refractivity contribution is -0.587. The SMILES string of the molecule is Cc1[nH]nc2c(NC3CCN(CC(C)(C)F)CC3)cc(C(=O)N3[C@@H]4c5ccccc5C[C@H]3C(=O)N[C@@H]4C(C)C)n[n+]12. The van der Waals surface area contributed by atoms with E-state index in [1.807, 2.05) is 19.1 Å². The van der Waals surface area contributed by atoms with Crippen molar-refractivity contribution < 1.29 is 18.5 Å². The molecule has 6 rings (SSSR count). The predicted octanol–water partition coefficient (Wildman–Crippen LogP) is 2.74. The monoisotopic (exact) mass is 563 g/mol. The highest BCUT2D eigenvalue weighted by Gasteiger charge is 2.50. The Bertz CT molecular complexity index is 1470. The van der Waals surface area contributed by atoms with Crippen LogP contribution in [0.1, 0.15) is 74.0 Å². The molecule has 2 amide bonds. The summed E-state index contributed by atoms with van der Waals surface area (Å²) in [5.74, 6) is 0.420. The number of hydrogen-bond acceptors (Lipinski definition) is 6. The smallest absolute Gasteiger partial charge is 0.348 e. The number of H-pyrrole nitrogens is 1. The molecule has 218 valence electrons. The van der Waals surface area contributed by atoms with Gasteiger partial charge in [0.05, 0.1) is 12.1 Å². The molecule has 0 spiro atoms. The number of aromatic nitrogens is 4. The van der Waals surface area contributed by atoms with Crippen molar-refractivity contribution in [3.05, 3.63) is 53.0 Å². The average molecular weight is 564 g/mol. The molecule has 3 atom stereocenters. The van der Waals surface area contributed by atoms with E-state index in [2.05, 4.69) is 51.7 Å². The third-order valence-corrected chi connectivity index (χ3v) is 8.66. The first-order chi connectivity index (χ1) is 19.5. The molecule has 2 bridgehead atoms. The number of piperazine rings is 1. The fourth-order valence-electron chi connectivity index (χ4n) is 6.74. The van der Waals surface area contributed by atoms with Crippen LogP contribution < -0.4 is 15.1 Å². The van der Waals surface area contributed by atoms with E-state index in [1.165, 1.54) is 0 Å². The predicted molar refractivity (Wildman–Crippen MR) is 152 cm³/mol. The van der Waals surface area contributed by atoms with E-state index in [0.29, 0.717) is 30.1 Å². The number of carbonyl (C=O) groups excluding carboxylic acids is 2. The summed E-state index contributed by atoms with van der Waals surface area (Å²) in [7, 11) is 0. The van der Waals surface area contributed by atoms with Crippen LogP contribution in [-0.4, -0.2) is 80.3 Å². The summed E-state index contributed by atoms with van der Waals surface area (Å²) in [5, 5.41) is 19.0. The number of alkyl halides is 1. The zero-order chi connectivity index (χ0) is 29.1. The Morgan fingerprint density at radius 1 is 1.24 bits per heavy atom. The van der Waals surface area contributed by atoms with Crippen LogP contribution in [0, 0.1) is 12.8 Å². The number of piperidine rings is 1. The maximum atomic E-state index is 14.4. The van der Waals surface area contributed by atoms with E-state index in [1.54, 1.807) is 29.3 Å². The minimum atomic E-state index is -1.23. The second-order valence-corrected chi connectivity index (χ2v) is 12.8. The number of aromatic amines is 1. The highest BCUT2D eigenvalue weighted by Crippen LogP contribution is 2.41. The quantitative estimate of drug-likeness (QED) is 0.398. The van der Waals surface area contributed by atoms with Crippen LogP contribution >= 0.6 is 0 Å². The number of benzene rings is 1. The molecule has 2 fully saturated rings. The molecule has 3 aromatic rings. The number of amides is 2. The summed E-state index contributed by atoms with van der Waals surface area (Å²) >= 11 is 0. The first-order valence-corrected chi connectivity index (χ1v) is 14.7. The first kappa shape index (κ1) is 27.6. The second kappa shape index (κ2) is 10.3. The minimum Gasteiger partial charge on any atom is -0.377 e. The number of carbonyl (C=O) groups is 2. The molecule has 11 heteroatoms. The number of aryl methyl sites for hydroxylation is 1. The van der Waals surface area contributed by atoms with Crippen LogP contribution in [0.25, 0.3) is 5.65 Å². The van der Waals surface area contributed by atoms with E-state index in [-0.39, 0.29) is 41.6 Å². The van der Waals surface area contributed by atoms with E-state index in [9.17, 15) is 14.0 Å². The van der Waals surface area contributed by atoms with E-state index in [4.69, 9.17) is 5.10 Å². The number of fused-ring (bicyclic) bond motifs is 5. The summed E-state index contributed by atoms with van der Waals surface area (Å²) in [6.07, 6.45) is 2.16. The summed E-state index contributed by atoms with van der Waals surface area (Å²) in [5.41, 5.74) is 2.54. The Hall–Kier alpha value is -3.60. The van der Waals surface area contributed by atoms with Crippen molar-refractivity contribution in [2.45, 2.75) is 83.7 Å². The standard InChI is InChI=1S/C30H39FN8O2/c1-17(2)25-26-21-9-7-6-8-19(21)14-24(28(40)33-25)38(26)29(41)23-15-22(27-35-34-18(3)39(27)36-23)32-20-10-12-37(13-11-20)16-30(4,5)31/h6-9,15,17,20,24-26H,10-14,16H2,1-5H3,(H2,32,33,36,40)/p+1/t24-,25+,26+/m0/s1. The number of likely N-dealkylation sites (tertiary alicyclic amines) is 1. The number of nitrogens with zero attached hydrogens (tertiary/aromatic N) is 5. The Labute approximate surface area is 239 Å². The number of anilines is 1. The molecule has 1 aromatic carbocycles.